The molecule has 0 N–H and O–H groups in total. The van der Waals surface area contributed by atoms with Gasteiger partial charge in [-0.15, -0.1) is 0 Å². The van der Waals surface area contributed by atoms with Crippen LogP contribution in [0.4, 0.5) is 0 Å². The first-order valence-electron chi connectivity index (χ1n) is 6.79. The molecule has 0 aliphatic carbocycles. The molecular weight excluding hydrogens is 307 g/mol. The maximum atomic E-state index is 2.35. The van der Waals surface area contributed by atoms with Gasteiger partial charge in [0.25, 0.3) is 0 Å². The van der Waals surface area contributed by atoms with Gasteiger partial charge >= 0.3 is 124 Å². The predicted octanol–water partition coefficient (Wildman–Crippen LogP) is 5.03. The monoisotopic (exact) mass is 322 g/mol. The van der Waals surface area contributed by atoms with Crippen LogP contribution in [0.25, 0.3) is 30.4 Å². The van der Waals surface area contributed by atoms with Crippen molar-refractivity contribution in [3.63, 3.8) is 0 Å². The Bertz CT molecular complexity index is 898. The van der Waals surface area contributed by atoms with Crippen molar-refractivity contribution in [2.75, 3.05) is 0 Å². The van der Waals surface area contributed by atoms with Gasteiger partial charge in [0.15, 0.2) is 0 Å². The van der Waals surface area contributed by atoms with Crippen LogP contribution >= 0.6 is 0 Å². The number of aryl methyl sites for hydroxylation is 1. The fourth-order valence-electron chi connectivity index (χ4n) is 2.65. The van der Waals surface area contributed by atoms with Crippen LogP contribution in [-0.4, -0.2) is 14.5 Å². The topological polar surface area (TPSA) is 0 Å². The molecule has 4 rings (SSSR count). The molecular formula is C19H14Se. The fraction of sp³-hybridized carbons (Fsp3) is 0.0526. The van der Waals surface area contributed by atoms with E-state index in [2.05, 4.69) is 73.7 Å². The van der Waals surface area contributed by atoms with Gasteiger partial charge in [-0.05, 0) is 0 Å². The third-order valence-electron chi connectivity index (χ3n) is 3.76. The van der Waals surface area contributed by atoms with Crippen molar-refractivity contribution in [3.05, 3.63) is 72.3 Å². The summed E-state index contributed by atoms with van der Waals surface area (Å²) < 4.78 is 3.02. The number of hydrogen-bond donors (Lipinski definition) is 0. The Hall–Kier alpha value is -1.82. The van der Waals surface area contributed by atoms with Crippen LogP contribution in [0.3, 0.4) is 0 Å². The zero-order valence-corrected chi connectivity index (χ0v) is 13.0. The third kappa shape index (κ3) is 1.91. The number of fused-ring (bicyclic) bond motifs is 3. The molecule has 1 heteroatoms. The molecule has 96 valence electrons. The maximum absolute atomic E-state index is 2.35. The van der Waals surface area contributed by atoms with Gasteiger partial charge in [0, 0.05) is 0 Å². The summed E-state index contributed by atoms with van der Waals surface area (Å²) in [6.45, 7) is 2.13. The van der Waals surface area contributed by atoms with Gasteiger partial charge < -0.3 is 0 Å². The van der Waals surface area contributed by atoms with E-state index in [4.69, 9.17) is 0 Å². The molecule has 0 nitrogen and oxygen atoms in total. The Kier molecular flexibility index (Phi) is 2.77. The molecule has 0 saturated carbocycles. The van der Waals surface area contributed by atoms with Gasteiger partial charge in [0.2, 0.25) is 0 Å². The van der Waals surface area contributed by atoms with Gasteiger partial charge in [-0.25, -0.2) is 0 Å². The average molecular weight is 321 g/mol. The molecule has 20 heavy (non-hydrogen) atoms. The van der Waals surface area contributed by atoms with Crippen molar-refractivity contribution in [1.82, 2.24) is 0 Å². The third-order valence-corrected chi connectivity index (χ3v) is 6.18. The van der Waals surface area contributed by atoms with Crippen molar-refractivity contribution in [3.8, 4) is 11.1 Å². The van der Waals surface area contributed by atoms with Crippen molar-refractivity contribution in [2.45, 2.75) is 6.92 Å². The molecule has 0 atom stereocenters. The first kappa shape index (κ1) is 12.0. The second-order valence-corrected chi connectivity index (χ2v) is 7.45. The van der Waals surface area contributed by atoms with E-state index in [9.17, 15) is 0 Å². The van der Waals surface area contributed by atoms with E-state index in [1.807, 2.05) is 0 Å². The van der Waals surface area contributed by atoms with Gasteiger partial charge in [-0.3, -0.25) is 0 Å². The average Bonchev–Trinajstić information content (AvgIpc) is 2.86. The van der Waals surface area contributed by atoms with Crippen LogP contribution in [0.5, 0.6) is 0 Å². The van der Waals surface area contributed by atoms with Crippen molar-refractivity contribution < 1.29 is 0 Å². The molecule has 0 radical (unpaired) electrons. The van der Waals surface area contributed by atoms with E-state index < -0.39 is 0 Å². The van der Waals surface area contributed by atoms with Crippen LogP contribution < -0.4 is 0 Å². The van der Waals surface area contributed by atoms with Crippen LogP contribution in [-0.2, 0) is 0 Å². The van der Waals surface area contributed by atoms with Crippen molar-refractivity contribution >= 4 is 33.8 Å². The van der Waals surface area contributed by atoms with Crippen LogP contribution in [0.1, 0.15) is 5.56 Å². The summed E-state index contributed by atoms with van der Waals surface area (Å²) in [6, 6.07) is 24.5. The standard InChI is InChI=1S/C19H14Se/c1-13-6-8-14(9-7-13)15-10-11-19-17(12-15)16-4-2-3-5-18(16)20-19/h2-12H,1H3. The second kappa shape index (κ2) is 4.63. The van der Waals surface area contributed by atoms with E-state index in [1.165, 1.54) is 36.0 Å². The van der Waals surface area contributed by atoms with Crippen molar-refractivity contribution in [1.29, 1.82) is 0 Å². The van der Waals surface area contributed by atoms with E-state index in [0.29, 0.717) is 14.5 Å². The molecule has 0 aliphatic heterocycles. The zero-order valence-electron chi connectivity index (χ0n) is 11.3. The van der Waals surface area contributed by atoms with Crippen LogP contribution in [0, 0.1) is 6.92 Å². The molecule has 1 aromatic heterocycles. The first-order valence-corrected chi connectivity index (χ1v) is 8.51. The Labute approximate surface area is 124 Å². The summed E-state index contributed by atoms with van der Waals surface area (Å²) >= 11 is 0.470. The van der Waals surface area contributed by atoms with Gasteiger partial charge in [0.1, 0.15) is 0 Å². The van der Waals surface area contributed by atoms with Gasteiger partial charge in [-0.2, -0.15) is 0 Å². The molecule has 4 aromatic rings. The Morgan fingerprint density at radius 3 is 2.20 bits per heavy atom. The molecule has 0 aliphatic rings. The zero-order chi connectivity index (χ0) is 13.5. The summed E-state index contributed by atoms with van der Waals surface area (Å²) in [4.78, 5) is 0. The number of benzene rings is 3. The van der Waals surface area contributed by atoms with Gasteiger partial charge in [-0.1, -0.05) is 0 Å². The molecule has 3 aromatic carbocycles. The predicted molar refractivity (Wildman–Crippen MR) is 88.6 cm³/mol. The molecule has 1 heterocycles. The van der Waals surface area contributed by atoms with E-state index in [-0.39, 0.29) is 0 Å². The Morgan fingerprint density at radius 2 is 1.35 bits per heavy atom. The molecule has 0 amide bonds. The quantitative estimate of drug-likeness (QED) is 0.432. The summed E-state index contributed by atoms with van der Waals surface area (Å²) in [5, 5.41) is 2.86. The molecule has 0 fully saturated rings. The van der Waals surface area contributed by atoms with E-state index in [0.717, 1.165) is 0 Å². The number of rotatable bonds is 1. The van der Waals surface area contributed by atoms with Gasteiger partial charge in [0.05, 0.1) is 0 Å². The molecule has 0 unspecified atom stereocenters. The molecule has 0 spiro atoms. The minimum atomic E-state index is 0.470. The Balaban J connectivity index is 1.97. The normalized spacial score (nSPS) is 11.2. The SMILES string of the molecule is Cc1ccc(-c2ccc3[se]c4ccccc4c3c2)cc1. The number of hydrogen-bond acceptors (Lipinski definition) is 0. The van der Waals surface area contributed by atoms with Crippen LogP contribution in [0.15, 0.2) is 66.7 Å². The first-order chi connectivity index (χ1) is 9.81. The van der Waals surface area contributed by atoms with Crippen molar-refractivity contribution in [2.24, 2.45) is 0 Å². The molecule has 0 bridgehead atoms. The Morgan fingerprint density at radius 1 is 0.650 bits per heavy atom. The fourth-order valence-corrected chi connectivity index (χ4v) is 4.93. The van der Waals surface area contributed by atoms with E-state index >= 15 is 0 Å². The van der Waals surface area contributed by atoms with Crippen LogP contribution in [0.2, 0.25) is 0 Å². The van der Waals surface area contributed by atoms with E-state index in [1.54, 1.807) is 0 Å². The summed E-state index contributed by atoms with van der Waals surface area (Å²) in [5.41, 5.74) is 3.93. The minimum absolute atomic E-state index is 0.470. The summed E-state index contributed by atoms with van der Waals surface area (Å²) in [6.07, 6.45) is 0. The molecule has 0 saturated heterocycles. The summed E-state index contributed by atoms with van der Waals surface area (Å²) in [5.74, 6) is 0. The summed E-state index contributed by atoms with van der Waals surface area (Å²) in [7, 11) is 0. The second-order valence-electron chi connectivity index (χ2n) is 5.18.